The molecule has 1 aromatic heterocycles. The summed E-state index contributed by atoms with van der Waals surface area (Å²) in [6.45, 7) is -0.337. The predicted molar refractivity (Wildman–Crippen MR) is 59.9 cm³/mol. The van der Waals surface area contributed by atoms with Crippen LogP contribution in [0.2, 0.25) is 0 Å². The van der Waals surface area contributed by atoms with E-state index < -0.39 is 5.82 Å². The SMILES string of the molecule is COc1ncc(-c2cccc(CO)c2F)cn1. The number of methoxy groups -OCH3 is 1. The number of rotatable bonds is 3. The lowest BCUT2D eigenvalue weighted by Gasteiger charge is -2.06. The molecule has 1 N–H and O–H groups in total. The Morgan fingerprint density at radius 1 is 1.29 bits per heavy atom. The molecule has 0 fully saturated rings. The highest BCUT2D eigenvalue weighted by Crippen LogP contribution is 2.24. The van der Waals surface area contributed by atoms with Gasteiger partial charge in [0, 0.05) is 29.1 Å². The van der Waals surface area contributed by atoms with Crippen molar-refractivity contribution in [2.75, 3.05) is 7.11 Å². The summed E-state index contributed by atoms with van der Waals surface area (Å²) in [5.74, 6) is -0.455. The second-order valence-electron chi connectivity index (χ2n) is 3.40. The van der Waals surface area contributed by atoms with Gasteiger partial charge in [0.05, 0.1) is 13.7 Å². The molecule has 0 aliphatic rings. The number of nitrogens with zero attached hydrogens (tertiary/aromatic N) is 2. The second-order valence-corrected chi connectivity index (χ2v) is 3.40. The lowest BCUT2D eigenvalue weighted by atomic mass is 10.1. The van der Waals surface area contributed by atoms with Gasteiger partial charge in [-0.15, -0.1) is 0 Å². The van der Waals surface area contributed by atoms with E-state index in [9.17, 15) is 4.39 Å². The number of halogens is 1. The van der Waals surface area contributed by atoms with E-state index in [0.29, 0.717) is 11.1 Å². The van der Waals surface area contributed by atoms with Crippen LogP contribution in [0.25, 0.3) is 11.1 Å². The van der Waals surface area contributed by atoms with E-state index in [1.165, 1.54) is 25.6 Å². The molecule has 0 bridgehead atoms. The van der Waals surface area contributed by atoms with Crippen LogP contribution in [-0.4, -0.2) is 22.2 Å². The molecule has 0 aliphatic carbocycles. The molecule has 0 saturated carbocycles. The zero-order chi connectivity index (χ0) is 12.3. The number of benzene rings is 1. The first kappa shape index (κ1) is 11.5. The molecule has 1 aromatic carbocycles. The summed E-state index contributed by atoms with van der Waals surface area (Å²) in [6.07, 6.45) is 2.96. The van der Waals surface area contributed by atoms with Crippen LogP contribution in [0.4, 0.5) is 4.39 Å². The average molecular weight is 234 g/mol. The Labute approximate surface area is 97.7 Å². The van der Waals surface area contributed by atoms with E-state index >= 15 is 0 Å². The quantitative estimate of drug-likeness (QED) is 0.879. The van der Waals surface area contributed by atoms with Crippen molar-refractivity contribution in [3.8, 4) is 17.1 Å². The van der Waals surface area contributed by atoms with Gasteiger partial charge in [0.15, 0.2) is 0 Å². The molecule has 0 saturated heterocycles. The standard InChI is InChI=1S/C12H11FN2O2/c1-17-12-14-5-9(6-15-12)10-4-2-3-8(7-16)11(10)13/h2-6,16H,7H2,1H3. The van der Waals surface area contributed by atoms with Gasteiger partial charge >= 0.3 is 6.01 Å². The van der Waals surface area contributed by atoms with Gasteiger partial charge in [-0.3, -0.25) is 0 Å². The maximum absolute atomic E-state index is 13.9. The van der Waals surface area contributed by atoms with Crippen LogP contribution in [0.5, 0.6) is 6.01 Å². The summed E-state index contributed by atoms with van der Waals surface area (Å²) in [5, 5.41) is 8.98. The lowest BCUT2D eigenvalue weighted by Crippen LogP contribution is -1.95. The van der Waals surface area contributed by atoms with Gasteiger partial charge < -0.3 is 9.84 Å². The molecule has 17 heavy (non-hydrogen) atoms. The molecule has 0 spiro atoms. The van der Waals surface area contributed by atoms with Crippen LogP contribution < -0.4 is 4.74 Å². The van der Waals surface area contributed by atoms with Gasteiger partial charge in [-0.25, -0.2) is 14.4 Å². The molecule has 0 atom stereocenters. The zero-order valence-corrected chi connectivity index (χ0v) is 9.22. The third-order valence-corrected chi connectivity index (χ3v) is 2.37. The van der Waals surface area contributed by atoms with E-state index in [2.05, 4.69) is 9.97 Å². The van der Waals surface area contributed by atoms with Gasteiger partial charge in [0.1, 0.15) is 5.82 Å². The van der Waals surface area contributed by atoms with Crippen molar-refractivity contribution in [3.63, 3.8) is 0 Å². The summed E-state index contributed by atoms with van der Waals surface area (Å²) < 4.78 is 18.7. The minimum absolute atomic E-state index is 0.229. The smallest absolute Gasteiger partial charge is 0.316 e. The molecule has 2 rings (SSSR count). The first-order valence-corrected chi connectivity index (χ1v) is 5.01. The molecule has 88 valence electrons. The van der Waals surface area contributed by atoms with Crippen LogP contribution >= 0.6 is 0 Å². The van der Waals surface area contributed by atoms with Crippen molar-refractivity contribution in [1.82, 2.24) is 9.97 Å². The Morgan fingerprint density at radius 2 is 2.00 bits per heavy atom. The van der Waals surface area contributed by atoms with Crippen molar-refractivity contribution < 1.29 is 14.2 Å². The van der Waals surface area contributed by atoms with Crippen molar-refractivity contribution >= 4 is 0 Å². The van der Waals surface area contributed by atoms with Gasteiger partial charge in [-0.05, 0) is 0 Å². The largest absolute Gasteiger partial charge is 0.467 e. The molecule has 1 heterocycles. The summed E-state index contributed by atoms with van der Waals surface area (Å²) in [4.78, 5) is 7.82. The van der Waals surface area contributed by atoms with Gasteiger partial charge in [0.25, 0.3) is 0 Å². The molecular weight excluding hydrogens is 223 g/mol. The Bertz CT molecular complexity index is 514. The average Bonchev–Trinajstić information content (AvgIpc) is 2.39. The third-order valence-electron chi connectivity index (χ3n) is 2.37. The van der Waals surface area contributed by atoms with E-state index in [1.54, 1.807) is 12.1 Å². The topological polar surface area (TPSA) is 55.2 Å². The summed E-state index contributed by atoms with van der Waals surface area (Å²) >= 11 is 0. The fourth-order valence-corrected chi connectivity index (χ4v) is 1.49. The highest BCUT2D eigenvalue weighted by molar-refractivity contribution is 5.63. The van der Waals surface area contributed by atoms with Crippen LogP contribution in [0, 0.1) is 5.82 Å². The van der Waals surface area contributed by atoms with Gasteiger partial charge in [-0.2, -0.15) is 0 Å². The van der Waals surface area contributed by atoms with Crippen LogP contribution in [0.3, 0.4) is 0 Å². The zero-order valence-electron chi connectivity index (χ0n) is 9.22. The molecule has 5 heteroatoms. The molecule has 0 aliphatic heterocycles. The minimum atomic E-state index is -0.455. The van der Waals surface area contributed by atoms with Crippen LogP contribution in [0.1, 0.15) is 5.56 Å². The Kier molecular flexibility index (Phi) is 3.30. The summed E-state index contributed by atoms with van der Waals surface area (Å²) in [7, 11) is 1.46. The van der Waals surface area contributed by atoms with Crippen LogP contribution in [0.15, 0.2) is 30.6 Å². The predicted octanol–water partition coefficient (Wildman–Crippen LogP) is 1.78. The molecular formula is C12H11FN2O2. The van der Waals surface area contributed by atoms with Crippen LogP contribution in [-0.2, 0) is 6.61 Å². The number of aromatic nitrogens is 2. The Balaban J connectivity index is 2.45. The van der Waals surface area contributed by atoms with Crippen molar-refractivity contribution in [1.29, 1.82) is 0 Å². The van der Waals surface area contributed by atoms with Gasteiger partial charge in [0.2, 0.25) is 0 Å². The highest BCUT2D eigenvalue weighted by atomic mass is 19.1. The third kappa shape index (κ3) is 2.24. The second kappa shape index (κ2) is 4.88. The number of hydrogen-bond donors (Lipinski definition) is 1. The fraction of sp³-hybridized carbons (Fsp3) is 0.167. The first-order chi connectivity index (χ1) is 8.26. The number of ether oxygens (including phenoxy) is 1. The molecule has 2 aromatic rings. The molecule has 0 amide bonds. The minimum Gasteiger partial charge on any atom is -0.467 e. The highest BCUT2D eigenvalue weighted by Gasteiger charge is 2.10. The van der Waals surface area contributed by atoms with Crippen molar-refractivity contribution in [3.05, 3.63) is 42.0 Å². The first-order valence-electron chi connectivity index (χ1n) is 5.01. The number of aliphatic hydroxyl groups is 1. The summed E-state index contributed by atoms with van der Waals surface area (Å²) in [5.41, 5.74) is 1.15. The Hall–Kier alpha value is -2.01. The van der Waals surface area contributed by atoms with Crippen molar-refractivity contribution in [2.24, 2.45) is 0 Å². The number of hydrogen-bond acceptors (Lipinski definition) is 4. The van der Waals surface area contributed by atoms with E-state index in [1.807, 2.05) is 0 Å². The maximum atomic E-state index is 13.9. The summed E-state index contributed by atoms with van der Waals surface area (Å²) in [6, 6.07) is 5.05. The number of aliphatic hydroxyl groups excluding tert-OH is 1. The van der Waals surface area contributed by atoms with E-state index in [-0.39, 0.29) is 18.2 Å². The maximum Gasteiger partial charge on any atom is 0.316 e. The van der Waals surface area contributed by atoms with Gasteiger partial charge in [-0.1, -0.05) is 18.2 Å². The monoisotopic (exact) mass is 234 g/mol. The fourth-order valence-electron chi connectivity index (χ4n) is 1.49. The molecule has 0 radical (unpaired) electrons. The van der Waals surface area contributed by atoms with E-state index in [4.69, 9.17) is 9.84 Å². The molecule has 0 unspecified atom stereocenters. The molecule has 4 nitrogen and oxygen atoms in total. The normalized spacial score (nSPS) is 10.3. The Morgan fingerprint density at radius 3 is 2.59 bits per heavy atom. The lowest BCUT2D eigenvalue weighted by molar-refractivity contribution is 0.276. The van der Waals surface area contributed by atoms with E-state index in [0.717, 1.165) is 0 Å². The van der Waals surface area contributed by atoms with Crippen molar-refractivity contribution in [2.45, 2.75) is 6.61 Å².